The van der Waals surface area contributed by atoms with Crippen LogP contribution in [0.3, 0.4) is 0 Å². The Kier molecular flexibility index (Phi) is 13.7. The molecule has 0 unspecified atom stereocenters. The highest BCUT2D eigenvalue weighted by Gasteiger charge is 2.29. The van der Waals surface area contributed by atoms with Gasteiger partial charge in [-0.1, -0.05) is 66.2 Å². The number of carbonyl (C=O) groups is 5. The number of nitrogen functional groups attached to an aromatic ring is 2. The van der Waals surface area contributed by atoms with Gasteiger partial charge in [-0.05, 0) is 99.5 Å². The van der Waals surface area contributed by atoms with Gasteiger partial charge >= 0.3 is 5.97 Å². The van der Waals surface area contributed by atoms with Gasteiger partial charge in [0.2, 0.25) is 0 Å². The molecule has 0 spiro atoms. The van der Waals surface area contributed by atoms with Crippen molar-refractivity contribution >= 4 is 52.7 Å². The number of amides is 3. The van der Waals surface area contributed by atoms with E-state index in [2.05, 4.69) is 26.1 Å². The Balaban J connectivity index is 0.000000201. The lowest BCUT2D eigenvalue weighted by molar-refractivity contribution is -0.123. The first-order valence-electron chi connectivity index (χ1n) is 20.8. The van der Waals surface area contributed by atoms with Crippen LogP contribution in [0, 0.1) is 13.8 Å². The molecular weight excluding hydrogens is 838 g/mol. The van der Waals surface area contributed by atoms with Gasteiger partial charge in [0, 0.05) is 40.3 Å². The molecule has 64 heavy (non-hydrogen) atoms. The Morgan fingerprint density at radius 2 is 1.36 bits per heavy atom. The van der Waals surface area contributed by atoms with E-state index in [9.17, 15) is 24.0 Å². The van der Waals surface area contributed by atoms with Crippen molar-refractivity contribution in [3.8, 4) is 17.3 Å². The van der Waals surface area contributed by atoms with Gasteiger partial charge < -0.3 is 36.9 Å². The summed E-state index contributed by atoms with van der Waals surface area (Å²) in [7, 11) is 0. The number of nitrogens with one attached hydrogen (secondary N) is 3. The van der Waals surface area contributed by atoms with Gasteiger partial charge in [0.15, 0.2) is 18.0 Å². The maximum absolute atomic E-state index is 12.7. The average Bonchev–Trinajstić information content (AvgIpc) is 4.22. The first-order valence-corrected chi connectivity index (χ1v) is 21.2. The van der Waals surface area contributed by atoms with Crippen LogP contribution >= 0.6 is 11.6 Å². The number of aryl methyl sites for hydroxylation is 2. The van der Waals surface area contributed by atoms with E-state index in [1.54, 1.807) is 79.7 Å². The third kappa shape index (κ3) is 10.8. The number of rotatable bonds is 15. The fourth-order valence-electron chi connectivity index (χ4n) is 6.54. The molecule has 3 amide bonds. The van der Waals surface area contributed by atoms with Crippen molar-refractivity contribution in [3.05, 3.63) is 147 Å². The molecule has 0 radical (unpaired) electrons. The maximum Gasteiger partial charge on any atom is 0.347 e. The highest BCUT2D eigenvalue weighted by molar-refractivity contribution is 6.30. The second-order valence-electron chi connectivity index (χ2n) is 15.4. The van der Waals surface area contributed by atoms with Crippen LogP contribution in [0.25, 0.3) is 11.4 Å². The summed E-state index contributed by atoms with van der Waals surface area (Å²) in [6.45, 7) is 5.35. The lowest BCUT2D eigenvalue weighted by atomic mass is 10.1. The Labute approximate surface area is 374 Å². The molecule has 16 nitrogen and oxygen atoms in total. The third-order valence-corrected chi connectivity index (χ3v) is 10.6. The number of carbonyl (C=O) groups excluding carboxylic acids is 5. The van der Waals surface area contributed by atoms with Gasteiger partial charge in [-0.15, -0.1) is 5.10 Å². The molecule has 0 aliphatic heterocycles. The van der Waals surface area contributed by atoms with Crippen molar-refractivity contribution in [1.29, 1.82) is 0 Å². The summed E-state index contributed by atoms with van der Waals surface area (Å²) in [5.74, 6) is -1.58. The number of esters is 1. The molecule has 0 bridgehead atoms. The maximum atomic E-state index is 12.7. The van der Waals surface area contributed by atoms with Crippen molar-refractivity contribution < 1.29 is 33.4 Å². The lowest BCUT2D eigenvalue weighted by Gasteiger charge is -2.11. The fraction of sp³-hybridized carbons (Fsp3) is 0.255. The number of aromatic nitrogens is 4. The first kappa shape index (κ1) is 44.6. The number of nitrogens with zero attached hydrogens (tertiary/aromatic N) is 4. The molecule has 4 aromatic carbocycles. The summed E-state index contributed by atoms with van der Waals surface area (Å²) in [6, 6.07) is 27.1. The number of ketones is 1. The average molecular weight is 886 g/mol. The zero-order valence-electron chi connectivity index (χ0n) is 35.5. The van der Waals surface area contributed by atoms with Gasteiger partial charge in [-0.2, -0.15) is 5.10 Å². The number of hydrogen-bond acceptors (Lipinski definition) is 11. The zero-order chi connectivity index (χ0) is 45.5. The van der Waals surface area contributed by atoms with Crippen LogP contribution in [-0.4, -0.2) is 74.3 Å². The largest absolute Gasteiger partial charge is 0.466 e. The molecule has 6 aromatic rings. The molecule has 2 heterocycles. The van der Waals surface area contributed by atoms with E-state index in [0.717, 1.165) is 42.4 Å². The Hall–Kier alpha value is -7.46. The van der Waals surface area contributed by atoms with Gasteiger partial charge in [0.25, 0.3) is 23.6 Å². The quantitative estimate of drug-likeness (QED) is 0.0588. The minimum Gasteiger partial charge on any atom is -0.466 e. The molecule has 0 saturated heterocycles. The van der Waals surface area contributed by atoms with Crippen molar-refractivity contribution in [2.45, 2.75) is 65.1 Å². The summed E-state index contributed by atoms with van der Waals surface area (Å²) >= 11 is 5.98. The van der Waals surface area contributed by atoms with Gasteiger partial charge in [0.1, 0.15) is 11.6 Å². The minimum atomic E-state index is -0.735. The lowest BCUT2D eigenvalue weighted by Crippen LogP contribution is -2.28. The molecule has 2 aliphatic rings. The van der Waals surface area contributed by atoms with Crippen LogP contribution < -0.4 is 32.2 Å². The monoisotopic (exact) mass is 885 g/mol. The van der Waals surface area contributed by atoms with E-state index >= 15 is 0 Å². The molecule has 2 saturated carbocycles. The van der Waals surface area contributed by atoms with Crippen LogP contribution in [0.2, 0.25) is 5.02 Å². The Bertz CT molecular complexity index is 2720. The van der Waals surface area contributed by atoms with Crippen LogP contribution in [0.5, 0.6) is 5.88 Å². The van der Waals surface area contributed by atoms with E-state index in [0.29, 0.717) is 38.7 Å². The molecule has 330 valence electrons. The van der Waals surface area contributed by atoms with Crippen molar-refractivity contribution in [1.82, 2.24) is 35.5 Å². The highest BCUT2D eigenvalue weighted by atomic mass is 35.5. The zero-order valence-corrected chi connectivity index (χ0v) is 36.3. The molecule has 2 aromatic heterocycles. The fourth-order valence-corrected chi connectivity index (χ4v) is 6.76. The van der Waals surface area contributed by atoms with E-state index in [1.807, 2.05) is 32.0 Å². The number of ether oxygens (including phenoxy) is 2. The number of hydrogen-bond donors (Lipinski definition) is 5. The Morgan fingerprint density at radius 3 is 1.94 bits per heavy atom. The normalized spacial score (nSPS) is 12.9. The summed E-state index contributed by atoms with van der Waals surface area (Å²) in [5, 5.41) is 17.9. The van der Waals surface area contributed by atoms with Gasteiger partial charge in [0.05, 0.1) is 29.7 Å². The van der Waals surface area contributed by atoms with Crippen molar-refractivity contribution in [2.24, 2.45) is 0 Å². The van der Waals surface area contributed by atoms with Crippen LogP contribution in [-0.2, 0) is 16.1 Å². The molecule has 17 heteroatoms. The number of benzene rings is 4. The van der Waals surface area contributed by atoms with E-state index in [4.69, 9.17) is 32.5 Å². The molecular formula is C47H48ClN9O7. The highest BCUT2D eigenvalue weighted by Crippen LogP contribution is 2.30. The smallest absolute Gasteiger partial charge is 0.347 e. The van der Waals surface area contributed by atoms with Gasteiger partial charge in [-0.3, -0.25) is 19.2 Å². The number of halogens is 1. The second kappa shape index (κ2) is 19.7. The predicted octanol–water partition coefficient (Wildman–Crippen LogP) is 6.07. The van der Waals surface area contributed by atoms with Crippen LogP contribution in [0.1, 0.15) is 96.3 Å². The Morgan fingerprint density at radius 1 is 0.750 bits per heavy atom. The number of anilines is 2. The summed E-state index contributed by atoms with van der Waals surface area (Å²) in [6.07, 6.45) is 5.46. The van der Waals surface area contributed by atoms with Crippen LogP contribution in [0.15, 0.2) is 97.2 Å². The summed E-state index contributed by atoms with van der Waals surface area (Å²) in [4.78, 5) is 62.7. The van der Waals surface area contributed by atoms with Crippen molar-refractivity contribution in [3.63, 3.8) is 0 Å². The van der Waals surface area contributed by atoms with E-state index in [-0.39, 0.29) is 65.9 Å². The molecule has 0 atom stereocenters. The standard InChI is InChI=1S/C26H28ClN5O5.C21H20N4O2/c1-3-36-26(35)22-23(28)32(20-12-17(8-7-15(20)2)24(34)30-19-9-10-19)31-25(22)37-14-21(33)29-13-16-5-4-6-18(27)11-16;1-13-7-8-15(21(27)24-16-9-10-16)11-18(13)25-20(22)17(12-23-25)19(26)14-5-3-2-4-6-14/h4-8,11-12,19H,3,9-10,13-14,28H2,1-2H3,(H,29,33)(H,30,34);2-8,11-12,16H,9-10,22H2,1H3,(H,24,27). The third-order valence-electron chi connectivity index (χ3n) is 10.4. The minimum absolute atomic E-state index is 0.0318. The summed E-state index contributed by atoms with van der Waals surface area (Å²) < 4.78 is 13.6. The van der Waals surface area contributed by atoms with E-state index < -0.39 is 18.5 Å². The predicted molar refractivity (Wildman–Crippen MR) is 241 cm³/mol. The molecule has 8 rings (SSSR count). The topological polar surface area (TPSA) is 228 Å². The first-order chi connectivity index (χ1) is 30.8. The van der Waals surface area contributed by atoms with E-state index in [1.165, 1.54) is 15.6 Å². The molecule has 2 aliphatic carbocycles. The van der Waals surface area contributed by atoms with Gasteiger partial charge in [-0.25, -0.2) is 14.2 Å². The second-order valence-corrected chi connectivity index (χ2v) is 15.9. The number of nitrogens with two attached hydrogens (primary N) is 2. The SMILES string of the molecule is CCOC(=O)c1c(OCC(=O)NCc2cccc(Cl)c2)nn(-c2cc(C(=O)NC3CC3)ccc2C)c1N.Cc1ccc(C(=O)NC2CC2)cc1-n1ncc(C(=O)c2ccccc2)c1N. The molecule has 2 fully saturated rings. The van der Waals surface area contributed by atoms with Crippen molar-refractivity contribution in [2.75, 3.05) is 24.7 Å². The molecule has 7 N–H and O–H groups in total. The van der Waals surface area contributed by atoms with Crippen LogP contribution in [0.4, 0.5) is 11.6 Å². The summed E-state index contributed by atoms with van der Waals surface area (Å²) in [5.41, 5.74) is 18.0.